The standard InChI is InChI=1S/C21H16Cl2N6O4/c1-32-21(31)29-19-26-15-6-4-13(9-17(15)27-19)33-18-7-3-12(10-24-18)25-20(30)28-16-8-11(22)2-5-14(16)23/h2-10H,1H3,(H2,25,28,30)(H2,26,27,29,31). The van der Waals surface area contributed by atoms with Crippen LogP contribution in [0.4, 0.5) is 26.9 Å². The topological polar surface area (TPSA) is 130 Å². The number of aromatic nitrogens is 3. The molecule has 3 amide bonds. The molecule has 0 aliphatic heterocycles. The SMILES string of the molecule is COC(=O)Nc1nc2cc(Oc3ccc(NC(=O)Nc4cc(Cl)ccc4Cl)cn3)ccc2[nH]1. The van der Waals surface area contributed by atoms with Crippen LogP contribution >= 0.6 is 23.2 Å². The maximum atomic E-state index is 12.2. The molecule has 0 fully saturated rings. The number of imidazole rings is 1. The van der Waals surface area contributed by atoms with Crippen LogP contribution in [-0.4, -0.2) is 34.2 Å². The second-order valence-corrected chi connectivity index (χ2v) is 7.42. The van der Waals surface area contributed by atoms with Gasteiger partial charge in [0.1, 0.15) is 5.75 Å². The minimum atomic E-state index is -0.632. The number of hydrogen-bond donors (Lipinski definition) is 4. The third-order valence-electron chi connectivity index (χ3n) is 4.25. The molecule has 4 rings (SSSR count). The summed E-state index contributed by atoms with van der Waals surface area (Å²) < 4.78 is 10.3. The van der Waals surface area contributed by atoms with Gasteiger partial charge in [0.2, 0.25) is 11.8 Å². The van der Waals surface area contributed by atoms with Gasteiger partial charge in [-0.1, -0.05) is 23.2 Å². The van der Waals surface area contributed by atoms with E-state index in [9.17, 15) is 9.59 Å². The largest absolute Gasteiger partial charge is 0.453 e. The number of carbonyl (C=O) groups excluding carboxylic acids is 2. The summed E-state index contributed by atoms with van der Waals surface area (Å²) in [7, 11) is 1.26. The first-order valence-electron chi connectivity index (χ1n) is 9.41. The average Bonchev–Trinajstić information content (AvgIpc) is 3.19. The van der Waals surface area contributed by atoms with E-state index in [1.165, 1.54) is 13.3 Å². The molecule has 168 valence electrons. The number of aromatic amines is 1. The van der Waals surface area contributed by atoms with Crippen molar-refractivity contribution in [1.29, 1.82) is 0 Å². The van der Waals surface area contributed by atoms with Gasteiger partial charge in [-0.3, -0.25) is 5.32 Å². The van der Waals surface area contributed by atoms with Crippen molar-refractivity contribution < 1.29 is 19.1 Å². The number of benzene rings is 2. The Morgan fingerprint density at radius 2 is 1.85 bits per heavy atom. The number of halogens is 2. The number of anilines is 3. The number of amides is 3. The average molecular weight is 487 g/mol. The van der Waals surface area contributed by atoms with Crippen molar-refractivity contribution in [3.63, 3.8) is 0 Å². The summed E-state index contributed by atoms with van der Waals surface area (Å²) in [6.07, 6.45) is 0.813. The van der Waals surface area contributed by atoms with Crippen LogP contribution in [0.3, 0.4) is 0 Å². The number of carbonyl (C=O) groups is 2. The Balaban J connectivity index is 1.38. The first kappa shape index (κ1) is 22.2. The summed E-state index contributed by atoms with van der Waals surface area (Å²) in [4.78, 5) is 34.9. The molecule has 2 aromatic carbocycles. The molecule has 2 aromatic heterocycles. The Kier molecular flexibility index (Phi) is 6.48. The number of rotatable bonds is 5. The monoisotopic (exact) mass is 486 g/mol. The Bertz CT molecular complexity index is 1330. The molecule has 0 unspecified atom stereocenters. The van der Waals surface area contributed by atoms with Crippen molar-refractivity contribution in [2.24, 2.45) is 0 Å². The van der Waals surface area contributed by atoms with Crippen LogP contribution in [0.25, 0.3) is 11.0 Å². The van der Waals surface area contributed by atoms with Gasteiger partial charge < -0.3 is 25.1 Å². The van der Waals surface area contributed by atoms with Crippen molar-refractivity contribution in [3.8, 4) is 11.6 Å². The molecule has 0 bridgehead atoms. The third-order valence-corrected chi connectivity index (χ3v) is 4.82. The van der Waals surface area contributed by atoms with E-state index in [2.05, 4.69) is 35.6 Å². The van der Waals surface area contributed by atoms with Crippen LogP contribution in [0.1, 0.15) is 0 Å². The number of nitrogens with one attached hydrogen (secondary N) is 4. The van der Waals surface area contributed by atoms with Crippen LogP contribution in [0.15, 0.2) is 54.7 Å². The Morgan fingerprint density at radius 3 is 2.61 bits per heavy atom. The quantitative estimate of drug-likeness (QED) is 0.278. The lowest BCUT2D eigenvalue weighted by Crippen LogP contribution is -2.19. The van der Waals surface area contributed by atoms with Gasteiger partial charge in [0, 0.05) is 17.2 Å². The lowest BCUT2D eigenvalue weighted by molar-refractivity contribution is 0.186. The molecule has 0 radical (unpaired) electrons. The molecular formula is C21H16Cl2N6O4. The molecule has 0 aliphatic rings. The highest BCUT2D eigenvalue weighted by molar-refractivity contribution is 6.35. The van der Waals surface area contributed by atoms with Crippen molar-refractivity contribution in [1.82, 2.24) is 15.0 Å². The van der Waals surface area contributed by atoms with E-state index in [1.807, 2.05) is 0 Å². The third kappa shape index (κ3) is 5.62. The minimum Gasteiger partial charge on any atom is -0.453 e. The molecular weight excluding hydrogens is 471 g/mol. The van der Waals surface area contributed by atoms with Gasteiger partial charge in [0.05, 0.1) is 40.7 Å². The maximum absolute atomic E-state index is 12.2. The first-order chi connectivity index (χ1) is 15.9. The van der Waals surface area contributed by atoms with Crippen LogP contribution in [0.5, 0.6) is 11.6 Å². The number of methoxy groups -OCH3 is 1. The lowest BCUT2D eigenvalue weighted by atomic mass is 10.3. The summed E-state index contributed by atoms with van der Waals surface area (Å²) in [6.45, 7) is 0. The number of ether oxygens (including phenoxy) is 2. The van der Waals surface area contributed by atoms with Crippen molar-refractivity contribution in [2.45, 2.75) is 0 Å². The number of nitrogens with zero attached hydrogens (tertiary/aromatic N) is 2. The van der Waals surface area contributed by atoms with Gasteiger partial charge in [0.25, 0.3) is 0 Å². The van der Waals surface area contributed by atoms with E-state index in [1.54, 1.807) is 48.5 Å². The second-order valence-electron chi connectivity index (χ2n) is 6.57. The molecule has 0 saturated carbocycles. The predicted molar refractivity (Wildman–Crippen MR) is 126 cm³/mol. The van der Waals surface area contributed by atoms with Gasteiger partial charge in [-0.05, 0) is 36.4 Å². The molecule has 4 aromatic rings. The predicted octanol–water partition coefficient (Wildman–Crippen LogP) is 5.88. The zero-order valence-electron chi connectivity index (χ0n) is 17.0. The normalized spacial score (nSPS) is 10.5. The molecule has 4 N–H and O–H groups in total. The zero-order chi connectivity index (χ0) is 23.4. The smallest absolute Gasteiger partial charge is 0.413 e. The summed E-state index contributed by atoms with van der Waals surface area (Å²) in [5.41, 5.74) is 2.10. The molecule has 0 aliphatic carbocycles. The van der Waals surface area contributed by atoms with Crippen LogP contribution in [0, 0.1) is 0 Å². The first-order valence-corrected chi connectivity index (χ1v) is 10.2. The van der Waals surface area contributed by atoms with E-state index in [4.69, 9.17) is 27.9 Å². The Morgan fingerprint density at radius 1 is 1.00 bits per heavy atom. The number of hydrogen-bond acceptors (Lipinski definition) is 6. The maximum Gasteiger partial charge on any atom is 0.413 e. The van der Waals surface area contributed by atoms with Crippen molar-refractivity contribution in [3.05, 3.63) is 64.8 Å². The highest BCUT2D eigenvalue weighted by atomic mass is 35.5. The van der Waals surface area contributed by atoms with E-state index < -0.39 is 12.1 Å². The fourth-order valence-corrected chi connectivity index (χ4v) is 3.11. The van der Waals surface area contributed by atoms with Crippen LogP contribution in [0.2, 0.25) is 10.0 Å². The highest BCUT2D eigenvalue weighted by Crippen LogP contribution is 2.27. The van der Waals surface area contributed by atoms with E-state index in [0.717, 1.165) is 0 Å². The van der Waals surface area contributed by atoms with Gasteiger partial charge in [0.15, 0.2) is 0 Å². The molecule has 33 heavy (non-hydrogen) atoms. The lowest BCUT2D eigenvalue weighted by Gasteiger charge is -2.10. The molecule has 0 spiro atoms. The molecule has 10 nitrogen and oxygen atoms in total. The highest BCUT2D eigenvalue weighted by Gasteiger charge is 2.10. The second kappa shape index (κ2) is 9.63. The summed E-state index contributed by atoms with van der Waals surface area (Å²) in [5.74, 6) is 1.04. The Labute approximate surface area is 197 Å². The summed E-state index contributed by atoms with van der Waals surface area (Å²) in [5, 5.41) is 8.53. The Hall–Kier alpha value is -4.02. The summed E-state index contributed by atoms with van der Waals surface area (Å²) in [6, 6.07) is 12.6. The van der Waals surface area contributed by atoms with Gasteiger partial charge in [-0.15, -0.1) is 0 Å². The molecule has 12 heteroatoms. The van der Waals surface area contributed by atoms with E-state index in [0.29, 0.717) is 44.1 Å². The van der Waals surface area contributed by atoms with Crippen LogP contribution < -0.4 is 20.7 Å². The number of H-pyrrole nitrogens is 1. The molecule has 0 atom stereocenters. The van der Waals surface area contributed by atoms with Crippen molar-refractivity contribution in [2.75, 3.05) is 23.1 Å². The number of pyridine rings is 1. The van der Waals surface area contributed by atoms with Crippen molar-refractivity contribution >= 4 is 63.7 Å². The number of fused-ring (bicyclic) bond motifs is 1. The fraction of sp³-hybridized carbons (Fsp3) is 0.0476. The summed E-state index contributed by atoms with van der Waals surface area (Å²) >= 11 is 12.0. The van der Waals surface area contributed by atoms with Gasteiger partial charge in [-0.2, -0.15) is 0 Å². The minimum absolute atomic E-state index is 0.250. The van der Waals surface area contributed by atoms with E-state index in [-0.39, 0.29) is 5.95 Å². The zero-order valence-corrected chi connectivity index (χ0v) is 18.5. The fourth-order valence-electron chi connectivity index (χ4n) is 2.77. The molecule has 2 heterocycles. The van der Waals surface area contributed by atoms with E-state index >= 15 is 0 Å². The number of urea groups is 1. The van der Waals surface area contributed by atoms with Crippen LogP contribution in [-0.2, 0) is 4.74 Å². The van der Waals surface area contributed by atoms with Gasteiger partial charge >= 0.3 is 12.1 Å². The van der Waals surface area contributed by atoms with Gasteiger partial charge in [-0.25, -0.2) is 19.6 Å². The molecule has 0 saturated heterocycles.